The number of esters is 2. The van der Waals surface area contributed by atoms with Gasteiger partial charge in [-0.25, -0.2) is 4.79 Å². The third-order valence-corrected chi connectivity index (χ3v) is 3.06. The van der Waals surface area contributed by atoms with Gasteiger partial charge in [-0.15, -0.1) is 0 Å². The fourth-order valence-corrected chi connectivity index (χ4v) is 1.97. The van der Waals surface area contributed by atoms with Gasteiger partial charge in [0.15, 0.2) is 0 Å². The van der Waals surface area contributed by atoms with Crippen LogP contribution in [0.2, 0.25) is 0 Å². The highest BCUT2D eigenvalue weighted by Crippen LogP contribution is 2.34. The van der Waals surface area contributed by atoms with Crippen LogP contribution < -0.4 is 0 Å². The Morgan fingerprint density at radius 1 is 1.27 bits per heavy atom. The Balaban J connectivity index is 2.70. The summed E-state index contributed by atoms with van der Waals surface area (Å²) in [6.07, 6.45) is 0. The molecule has 0 saturated carbocycles. The maximum absolute atomic E-state index is 11.5. The topological polar surface area (TPSA) is 43.4 Å². The van der Waals surface area contributed by atoms with Crippen LogP contribution in [0.1, 0.15) is 29.8 Å². The number of cyclic esters (lactones) is 2. The van der Waals surface area contributed by atoms with Crippen molar-refractivity contribution >= 4 is 27.9 Å². The van der Waals surface area contributed by atoms with Gasteiger partial charge in [-0.2, -0.15) is 0 Å². The fraction of sp³-hybridized carbons (Fsp3) is 0.273. The van der Waals surface area contributed by atoms with Gasteiger partial charge in [-0.05, 0) is 31.5 Å². The van der Waals surface area contributed by atoms with Crippen LogP contribution >= 0.6 is 15.9 Å². The third-order valence-electron chi connectivity index (χ3n) is 2.57. The standard InChI is InChI=1S/C11H9BrO3/c1-11(2)8-4-3-6(12)5-7(8)9(13)15-10(11)14/h3-5H,1-2H3. The van der Waals surface area contributed by atoms with Gasteiger partial charge in [0.1, 0.15) is 0 Å². The highest BCUT2D eigenvalue weighted by Gasteiger charge is 2.41. The van der Waals surface area contributed by atoms with E-state index in [1.54, 1.807) is 26.0 Å². The summed E-state index contributed by atoms with van der Waals surface area (Å²) in [6, 6.07) is 5.26. The second-order valence-corrected chi connectivity index (χ2v) is 4.91. The van der Waals surface area contributed by atoms with Crippen molar-refractivity contribution in [3.05, 3.63) is 33.8 Å². The van der Waals surface area contributed by atoms with Gasteiger partial charge in [0.05, 0.1) is 11.0 Å². The molecule has 0 atom stereocenters. The first kappa shape index (κ1) is 10.4. The first-order chi connectivity index (χ1) is 6.93. The molecule has 3 nitrogen and oxygen atoms in total. The molecule has 0 saturated heterocycles. The van der Waals surface area contributed by atoms with Crippen molar-refractivity contribution in [1.29, 1.82) is 0 Å². The molecule has 0 radical (unpaired) electrons. The summed E-state index contributed by atoms with van der Waals surface area (Å²) >= 11 is 3.28. The van der Waals surface area contributed by atoms with E-state index in [9.17, 15) is 9.59 Å². The van der Waals surface area contributed by atoms with Crippen LogP contribution in [0.3, 0.4) is 0 Å². The van der Waals surface area contributed by atoms with Crippen molar-refractivity contribution in [3.63, 3.8) is 0 Å². The largest absolute Gasteiger partial charge is 0.389 e. The predicted molar refractivity (Wildman–Crippen MR) is 57.6 cm³/mol. The van der Waals surface area contributed by atoms with Gasteiger partial charge in [0, 0.05) is 4.47 Å². The number of carbonyl (C=O) groups excluding carboxylic acids is 2. The third kappa shape index (κ3) is 1.49. The number of benzene rings is 1. The maximum Gasteiger partial charge on any atom is 0.346 e. The number of hydrogen-bond acceptors (Lipinski definition) is 3. The Bertz CT molecular complexity index is 463. The van der Waals surface area contributed by atoms with E-state index in [1.165, 1.54) is 0 Å². The molecule has 1 heterocycles. The van der Waals surface area contributed by atoms with E-state index in [0.29, 0.717) is 11.1 Å². The number of halogens is 1. The van der Waals surface area contributed by atoms with Gasteiger partial charge < -0.3 is 4.74 Å². The van der Waals surface area contributed by atoms with E-state index in [2.05, 4.69) is 20.7 Å². The summed E-state index contributed by atoms with van der Waals surface area (Å²) in [6.45, 7) is 3.49. The molecular weight excluding hydrogens is 260 g/mol. The predicted octanol–water partition coefficient (Wildman–Crippen LogP) is 2.42. The summed E-state index contributed by atoms with van der Waals surface area (Å²) in [4.78, 5) is 23.0. The van der Waals surface area contributed by atoms with Crippen LogP contribution in [-0.4, -0.2) is 11.9 Å². The summed E-state index contributed by atoms with van der Waals surface area (Å²) in [5.74, 6) is -1.07. The number of rotatable bonds is 0. The molecule has 78 valence electrons. The number of ether oxygens (including phenoxy) is 1. The minimum atomic E-state index is -0.760. The molecule has 0 spiro atoms. The molecule has 4 heteroatoms. The smallest absolute Gasteiger partial charge is 0.346 e. The summed E-state index contributed by atoms with van der Waals surface area (Å²) in [5, 5.41) is 0. The Hall–Kier alpha value is -1.16. The van der Waals surface area contributed by atoms with Gasteiger partial charge >= 0.3 is 11.9 Å². The van der Waals surface area contributed by atoms with Crippen LogP contribution in [0.25, 0.3) is 0 Å². The lowest BCUT2D eigenvalue weighted by molar-refractivity contribution is -0.144. The Kier molecular flexibility index (Phi) is 2.19. The molecule has 0 N–H and O–H groups in total. The normalized spacial score (nSPS) is 18.3. The van der Waals surface area contributed by atoms with Crippen molar-refractivity contribution < 1.29 is 14.3 Å². The van der Waals surface area contributed by atoms with Gasteiger partial charge in [0.25, 0.3) is 0 Å². The average molecular weight is 269 g/mol. The molecule has 1 aliphatic rings. The highest BCUT2D eigenvalue weighted by atomic mass is 79.9. The Morgan fingerprint density at radius 3 is 2.60 bits per heavy atom. The first-order valence-corrected chi connectivity index (χ1v) is 5.29. The van der Waals surface area contributed by atoms with Crippen LogP contribution in [0.4, 0.5) is 0 Å². The van der Waals surface area contributed by atoms with Crippen molar-refractivity contribution in [1.82, 2.24) is 0 Å². The molecule has 0 fully saturated rings. The Labute approximate surface area is 95.6 Å². The number of carbonyl (C=O) groups is 2. The molecule has 0 bridgehead atoms. The molecule has 2 rings (SSSR count). The number of fused-ring (bicyclic) bond motifs is 1. The summed E-state index contributed by atoms with van der Waals surface area (Å²) < 4.78 is 5.48. The van der Waals surface area contributed by atoms with Crippen LogP contribution in [0.5, 0.6) is 0 Å². The SMILES string of the molecule is CC1(C)C(=O)OC(=O)c2cc(Br)ccc21. The number of hydrogen-bond donors (Lipinski definition) is 0. The second kappa shape index (κ2) is 3.17. The van der Waals surface area contributed by atoms with E-state index in [4.69, 9.17) is 0 Å². The zero-order valence-corrected chi connectivity index (χ0v) is 9.92. The average Bonchev–Trinajstić information content (AvgIpc) is 2.15. The highest BCUT2D eigenvalue weighted by molar-refractivity contribution is 9.10. The lowest BCUT2D eigenvalue weighted by atomic mass is 9.80. The van der Waals surface area contributed by atoms with Crippen LogP contribution in [-0.2, 0) is 14.9 Å². The maximum atomic E-state index is 11.5. The van der Waals surface area contributed by atoms with Crippen molar-refractivity contribution in [2.24, 2.45) is 0 Å². The molecule has 1 aromatic rings. The minimum absolute atomic E-state index is 0.453. The molecule has 0 aromatic heterocycles. The van der Waals surface area contributed by atoms with Crippen molar-refractivity contribution in [2.45, 2.75) is 19.3 Å². The lowest BCUT2D eigenvalue weighted by Gasteiger charge is -2.28. The van der Waals surface area contributed by atoms with E-state index in [1.807, 2.05) is 6.07 Å². The van der Waals surface area contributed by atoms with Gasteiger partial charge in [-0.3, -0.25) is 4.79 Å². The lowest BCUT2D eigenvalue weighted by Crippen LogP contribution is -2.39. The van der Waals surface area contributed by atoms with Crippen molar-refractivity contribution in [2.75, 3.05) is 0 Å². The molecule has 1 aliphatic heterocycles. The molecule has 0 unspecified atom stereocenters. The fourth-order valence-electron chi connectivity index (χ4n) is 1.61. The summed E-state index contributed by atoms with van der Waals surface area (Å²) in [7, 11) is 0. The Morgan fingerprint density at radius 2 is 1.93 bits per heavy atom. The first-order valence-electron chi connectivity index (χ1n) is 4.49. The molecule has 1 aromatic carbocycles. The van der Waals surface area contributed by atoms with Crippen molar-refractivity contribution in [3.8, 4) is 0 Å². The monoisotopic (exact) mass is 268 g/mol. The van der Waals surface area contributed by atoms with E-state index >= 15 is 0 Å². The zero-order chi connectivity index (χ0) is 11.2. The van der Waals surface area contributed by atoms with Gasteiger partial charge in [0.2, 0.25) is 0 Å². The minimum Gasteiger partial charge on any atom is -0.389 e. The van der Waals surface area contributed by atoms with Gasteiger partial charge in [-0.1, -0.05) is 22.0 Å². The van der Waals surface area contributed by atoms with E-state index in [-0.39, 0.29) is 0 Å². The quantitative estimate of drug-likeness (QED) is 0.536. The van der Waals surface area contributed by atoms with E-state index in [0.717, 1.165) is 4.47 Å². The molecule has 0 amide bonds. The van der Waals surface area contributed by atoms with Crippen LogP contribution in [0.15, 0.2) is 22.7 Å². The molecular formula is C11H9BrO3. The summed E-state index contributed by atoms with van der Waals surface area (Å²) in [5.41, 5.74) is 0.408. The zero-order valence-electron chi connectivity index (χ0n) is 8.33. The van der Waals surface area contributed by atoms with Crippen LogP contribution in [0, 0.1) is 0 Å². The molecule has 0 aliphatic carbocycles. The van der Waals surface area contributed by atoms with E-state index < -0.39 is 17.4 Å². The second-order valence-electron chi connectivity index (χ2n) is 3.99. The molecule has 15 heavy (non-hydrogen) atoms.